The fourth-order valence-corrected chi connectivity index (χ4v) is 2.60. The van der Waals surface area contributed by atoms with E-state index in [0.29, 0.717) is 12.0 Å². The summed E-state index contributed by atoms with van der Waals surface area (Å²) >= 11 is 0. The Labute approximate surface area is 154 Å². The number of carbonyl (C=O) groups excluding carboxylic acids is 3. The molecule has 0 aliphatic carbocycles. The van der Waals surface area contributed by atoms with E-state index in [1.54, 1.807) is 6.07 Å². The molecule has 0 unspecified atom stereocenters. The maximum atomic E-state index is 12.4. The highest BCUT2D eigenvalue weighted by Crippen LogP contribution is 2.27. The van der Waals surface area contributed by atoms with Crippen LogP contribution < -0.4 is 10.5 Å². The molecule has 0 aliphatic heterocycles. The van der Waals surface area contributed by atoms with Crippen molar-refractivity contribution in [1.82, 2.24) is 4.90 Å². The standard InChI is InChI=1S/C19H28N2O5/c1-3-4-5-6-7-8-9-17(23)21(19(25)18(20)24)13-14-10-11-15(22)16(12-14)26-2/h10-12,22H,3-9,13H2,1-2H3,(H2,20,24). The molecule has 0 saturated heterocycles. The van der Waals surface area contributed by atoms with Crippen LogP contribution in [0.4, 0.5) is 0 Å². The van der Waals surface area contributed by atoms with Gasteiger partial charge in [-0.25, -0.2) is 0 Å². The SMILES string of the molecule is CCCCCCCCC(=O)N(Cc1ccc(O)c(OC)c1)C(=O)C(N)=O. The Morgan fingerprint density at radius 3 is 2.38 bits per heavy atom. The van der Waals surface area contributed by atoms with E-state index in [1.165, 1.54) is 25.7 Å². The number of phenolic OH excluding ortho intramolecular Hbond substituents is 1. The number of phenols is 1. The molecule has 0 radical (unpaired) electrons. The van der Waals surface area contributed by atoms with Gasteiger partial charge in [0.2, 0.25) is 5.91 Å². The fraction of sp³-hybridized carbons (Fsp3) is 0.526. The lowest BCUT2D eigenvalue weighted by molar-refractivity contribution is -0.152. The molecule has 0 saturated carbocycles. The smallest absolute Gasteiger partial charge is 0.318 e. The molecule has 1 rings (SSSR count). The number of hydrogen-bond donors (Lipinski definition) is 2. The number of amides is 3. The minimum absolute atomic E-state index is 0.0533. The summed E-state index contributed by atoms with van der Waals surface area (Å²) in [5.74, 6) is -2.48. The van der Waals surface area contributed by atoms with Crippen LogP contribution in [0, 0.1) is 0 Å². The van der Waals surface area contributed by atoms with Gasteiger partial charge in [0.05, 0.1) is 13.7 Å². The summed E-state index contributed by atoms with van der Waals surface area (Å²) in [6.07, 6.45) is 6.22. The summed E-state index contributed by atoms with van der Waals surface area (Å²) in [7, 11) is 1.40. The van der Waals surface area contributed by atoms with Crippen molar-refractivity contribution < 1.29 is 24.2 Å². The molecule has 144 valence electrons. The summed E-state index contributed by atoms with van der Waals surface area (Å²) in [6.45, 7) is 2.03. The molecule has 0 aliphatic rings. The lowest BCUT2D eigenvalue weighted by atomic mass is 10.1. The Morgan fingerprint density at radius 1 is 1.12 bits per heavy atom. The highest BCUT2D eigenvalue weighted by atomic mass is 16.5. The van der Waals surface area contributed by atoms with Crippen LogP contribution in [-0.2, 0) is 20.9 Å². The predicted octanol–water partition coefficient (Wildman–Crippen LogP) is 2.49. The van der Waals surface area contributed by atoms with Gasteiger partial charge in [-0.05, 0) is 24.1 Å². The number of rotatable bonds is 10. The van der Waals surface area contributed by atoms with E-state index in [4.69, 9.17) is 10.5 Å². The molecule has 3 amide bonds. The van der Waals surface area contributed by atoms with E-state index >= 15 is 0 Å². The maximum absolute atomic E-state index is 12.4. The zero-order valence-electron chi connectivity index (χ0n) is 15.5. The normalized spacial score (nSPS) is 10.4. The minimum atomic E-state index is -1.17. The summed E-state index contributed by atoms with van der Waals surface area (Å²) < 4.78 is 5.02. The molecule has 7 heteroatoms. The van der Waals surface area contributed by atoms with E-state index in [1.807, 2.05) is 0 Å². The fourth-order valence-electron chi connectivity index (χ4n) is 2.60. The Kier molecular flexibility index (Phi) is 9.19. The first kappa shape index (κ1) is 21.5. The molecule has 1 aromatic carbocycles. The number of nitrogens with two attached hydrogens (primary N) is 1. The zero-order valence-corrected chi connectivity index (χ0v) is 15.5. The summed E-state index contributed by atoms with van der Waals surface area (Å²) in [4.78, 5) is 36.6. The zero-order chi connectivity index (χ0) is 19.5. The van der Waals surface area contributed by atoms with Gasteiger partial charge in [-0.3, -0.25) is 19.3 Å². The number of unbranched alkanes of at least 4 members (excludes halogenated alkanes) is 5. The first-order valence-corrected chi connectivity index (χ1v) is 8.90. The van der Waals surface area contributed by atoms with E-state index < -0.39 is 17.7 Å². The largest absolute Gasteiger partial charge is 0.504 e. The van der Waals surface area contributed by atoms with Gasteiger partial charge in [0, 0.05) is 6.42 Å². The quantitative estimate of drug-likeness (QED) is 0.489. The van der Waals surface area contributed by atoms with Gasteiger partial charge in [0.15, 0.2) is 11.5 Å². The van der Waals surface area contributed by atoms with Crippen molar-refractivity contribution in [3.8, 4) is 11.5 Å². The highest BCUT2D eigenvalue weighted by Gasteiger charge is 2.25. The first-order chi connectivity index (χ1) is 12.4. The number of carbonyl (C=O) groups is 3. The Balaban J connectivity index is 2.74. The van der Waals surface area contributed by atoms with Gasteiger partial charge in [0.1, 0.15) is 0 Å². The molecule has 26 heavy (non-hydrogen) atoms. The van der Waals surface area contributed by atoms with Crippen LogP contribution in [-0.4, -0.2) is 34.8 Å². The Morgan fingerprint density at radius 2 is 1.77 bits per heavy atom. The van der Waals surface area contributed by atoms with Crippen molar-refractivity contribution >= 4 is 17.7 Å². The number of benzene rings is 1. The Hall–Kier alpha value is -2.57. The van der Waals surface area contributed by atoms with Crippen molar-refractivity contribution in [1.29, 1.82) is 0 Å². The summed E-state index contributed by atoms with van der Waals surface area (Å²) in [6, 6.07) is 4.46. The molecule has 0 spiro atoms. The number of nitrogens with zero attached hydrogens (tertiary/aromatic N) is 1. The number of imide groups is 1. The second-order valence-electron chi connectivity index (χ2n) is 6.17. The third-order valence-corrected chi connectivity index (χ3v) is 4.09. The van der Waals surface area contributed by atoms with Crippen LogP contribution >= 0.6 is 0 Å². The van der Waals surface area contributed by atoms with Crippen molar-refractivity contribution in [3.05, 3.63) is 23.8 Å². The molecule has 0 atom stereocenters. The van der Waals surface area contributed by atoms with Crippen LogP contribution in [0.1, 0.15) is 57.4 Å². The van der Waals surface area contributed by atoms with E-state index in [-0.39, 0.29) is 24.5 Å². The summed E-state index contributed by atoms with van der Waals surface area (Å²) in [5, 5.41) is 9.63. The van der Waals surface area contributed by atoms with E-state index in [0.717, 1.165) is 30.6 Å². The maximum Gasteiger partial charge on any atom is 0.318 e. The first-order valence-electron chi connectivity index (χ1n) is 8.90. The topological polar surface area (TPSA) is 110 Å². The monoisotopic (exact) mass is 364 g/mol. The van der Waals surface area contributed by atoms with Crippen molar-refractivity contribution in [3.63, 3.8) is 0 Å². The number of primary amides is 1. The average Bonchev–Trinajstić information content (AvgIpc) is 2.62. The van der Waals surface area contributed by atoms with Crippen molar-refractivity contribution in [2.75, 3.05) is 7.11 Å². The number of hydrogen-bond acceptors (Lipinski definition) is 5. The molecular weight excluding hydrogens is 336 g/mol. The van der Waals surface area contributed by atoms with Gasteiger partial charge in [0.25, 0.3) is 0 Å². The predicted molar refractivity (Wildman–Crippen MR) is 97.4 cm³/mol. The molecule has 0 heterocycles. The third kappa shape index (κ3) is 6.74. The number of aromatic hydroxyl groups is 1. The minimum Gasteiger partial charge on any atom is -0.504 e. The van der Waals surface area contributed by atoms with Crippen LogP contribution in [0.2, 0.25) is 0 Å². The molecule has 0 bridgehead atoms. The van der Waals surface area contributed by atoms with E-state index in [2.05, 4.69) is 6.92 Å². The molecule has 1 aromatic rings. The van der Waals surface area contributed by atoms with Crippen LogP contribution in [0.3, 0.4) is 0 Å². The molecule has 0 aromatic heterocycles. The van der Waals surface area contributed by atoms with Gasteiger partial charge in [-0.15, -0.1) is 0 Å². The van der Waals surface area contributed by atoms with Crippen molar-refractivity contribution in [2.45, 2.75) is 58.4 Å². The van der Waals surface area contributed by atoms with Crippen LogP contribution in [0.5, 0.6) is 11.5 Å². The number of methoxy groups -OCH3 is 1. The highest BCUT2D eigenvalue weighted by molar-refractivity contribution is 6.37. The second kappa shape index (κ2) is 11.1. The van der Waals surface area contributed by atoms with Crippen molar-refractivity contribution in [2.24, 2.45) is 5.73 Å². The molecule has 0 fully saturated rings. The lowest BCUT2D eigenvalue weighted by Gasteiger charge is -2.20. The van der Waals surface area contributed by atoms with Gasteiger partial charge in [-0.1, -0.05) is 45.1 Å². The average molecular weight is 364 g/mol. The third-order valence-electron chi connectivity index (χ3n) is 4.09. The lowest BCUT2D eigenvalue weighted by Crippen LogP contribution is -2.43. The van der Waals surface area contributed by atoms with E-state index in [9.17, 15) is 19.5 Å². The molecular formula is C19H28N2O5. The van der Waals surface area contributed by atoms with Gasteiger partial charge < -0.3 is 15.6 Å². The van der Waals surface area contributed by atoms with Crippen LogP contribution in [0.15, 0.2) is 18.2 Å². The Bertz CT molecular complexity index is 630. The number of ether oxygens (including phenoxy) is 1. The van der Waals surface area contributed by atoms with Gasteiger partial charge in [-0.2, -0.15) is 0 Å². The molecule has 7 nitrogen and oxygen atoms in total. The van der Waals surface area contributed by atoms with Gasteiger partial charge >= 0.3 is 11.8 Å². The second-order valence-corrected chi connectivity index (χ2v) is 6.17. The summed E-state index contributed by atoms with van der Waals surface area (Å²) in [5.41, 5.74) is 5.62. The van der Waals surface area contributed by atoms with Crippen LogP contribution in [0.25, 0.3) is 0 Å². The molecule has 3 N–H and O–H groups in total.